The van der Waals surface area contributed by atoms with E-state index in [9.17, 15) is 9.59 Å². The Morgan fingerprint density at radius 3 is 2.74 bits per heavy atom. The molecule has 27 heavy (non-hydrogen) atoms. The van der Waals surface area contributed by atoms with Gasteiger partial charge in [-0.3, -0.25) is 9.59 Å². The summed E-state index contributed by atoms with van der Waals surface area (Å²) in [6.45, 7) is 3.29. The van der Waals surface area contributed by atoms with Crippen molar-refractivity contribution >= 4 is 40.6 Å². The average Bonchev–Trinajstić information content (AvgIpc) is 3.23. The number of rotatable bonds is 6. The summed E-state index contributed by atoms with van der Waals surface area (Å²) < 4.78 is 1.64. The largest absolute Gasteiger partial charge is 0.348 e. The first-order valence-corrected chi connectivity index (χ1v) is 9.61. The standard InChI is InChI=1S/C19H19ClN4O2S/c1-12-9-18(24(23-12)15-6-3-5-14(20)10-15)22-19(26)11-16(21-13(2)25)17-7-4-8-27-17/h3-10,16H,11H2,1-2H3,(H,21,25)(H,22,26)/t16-/m0/s1. The van der Waals surface area contributed by atoms with Crippen molar-refractivity contribution in [3.05, 3.63) is 63.4 Å². The van der Waals surface area contributed by atoms with Crippen molar-refractivity contribution in [3.63, 3.8) is 0 Å². The number of hydrogen-bond donors (Lipinski definition) is 2. The number of aryl methyl sites for hydroxylation is 1. The highest BCUT2D eigenvalue weighted by Crippen LogP contribution is 2.24. The van der Waals surface area contributed by atoms with Crippen LogP contribution in [0.2, 0.25) is 5.02 Å². The average molecular weight is 403 g/mol. The Morgan fingerprint density at radius 1 is 1.26 bits per heavy atom. The van der Waals surface area contributed by atoms with Gasteiger partial charge >= 0.3 is 0 Å². The quantitative estimate of drug-likeness (QED) is 0.651. The third kappa shape index (κ3) is 4.96. The van der Waals surface area contributed by atoms with Gasteiger partial charge in [-0.1, -0.05) is 23.7 Å². The van der Waals surface area contributed by atoms with Crippen molar-refractivity contribution in [3.8, 4) is 5.69 Å². The summed E-state index contributed by atoms with van der Waals surface area (Å²) in [7, 11) is 0. The predicted molar refractivity (Wildman–Crippen MR) is 107 cm³/mol. The topological polar surface area (TPSA) is 76.0 Å². The van der Waals surface area contributed by atoms with Crippen LogP contribution in [0.1, 0.15) is 30.0 Å². The molecule has 2 N–H and O–H groups in total. The lowest BCUT2D eigenvalue weighted by molar-refractivity contribution is -0.120. The molecule has 2 heterocycles. The third-order valence-corrected chi connectivity index (χ3v) is 5.03. The number of benzene rings is 1. The molecular weight excluding hydrogens is 384 g/mol. The zero-order chi connectivity index (χ0) is 19.4. The molecule has 3 rings (SSSR count). The minimum absolute atomic E-state index is 0.125. The number of nitrogens with one attached hydrogen (secondary N) is 2. The van der Waals surface area contributed by atoms with Crippen LogP contribution < -0.4 is 10.6 Å². The van der Waals surface area contributed by atoms with E-state index >= 15 is 0 Å². The number of hydrogen-bond acceptors (Lipinski definition) is 4. The Bertz CT molecular complexity index is 953. The highest BCUT2D eigenvalue weighted by molar-refractivity contribution is 7.10. The first-order chi connectivity index (χ1) is 12.9. The lowest BCUT2D eigenvalue weighted by Crippen LogP contribution is -2.29. The fraction of sp³-hybridized carbons (Fsp3) is 0.211. The zero-order valence-corrected chi connectivity index (χ0v) is 16.5. The van der Waals surface area contributed by atoms with Crippen molar-refractivity contribution in [1.29, 1.82) is 0 Å². The van der Waals surface area contributed by atoms with E-state index in [4.69, 9.17) is 11.6 Å². The van der Waals surface area contributed by atoms with E-state index in [0.717, 1.165) is 16.3 Å². The van der Waals surface area contributed by atoms with Crippen LogP contribution in [-0.4, -0.2) is 21.6 Å². The molecule has 1 aromatic carbocycles. The highest BCUT2D eigenvalue weighted by Gasteiger charge is 2.19. The number of halogens is 1. The van der Waals surface area contributed by atoms with E-state index in [1.165, 1.54) is 18.3 Å². The van der Waals surface area contributed by atoms with E-state index in [0.29, 0.717) is 10.8 Å². The molecule has 2 amide bonds. The molecule has 0 aliphatic carbocycles. The molecule has 140 valence electrons. The number of anilines is 1. The molecule has 8 heteroatoms. The number of aromatic nitrogens is 2. The van der Waals surface area contributed by atoms with Gasteiger partial charge in [0, 0.05) is 22.9 Å². The summed E-state index contributed by atoms with van der Waals surface area (Å²) in [5, 5.41) is 12.6. The van der Waals surface area contributed by atoms with Crippen LogP contribution in [-0.2, 0) is 9.59 Å². The summed E-state index contributed by atoms with van der Waals surface area (Å²) in [6, 6.07) is 12.4. The molecule has 1 atom stereocenters. The molecule has 3 aromatic rings. The van der Waals surface area contributed by atoms with Crippen LogP contribution >= 0.6 is 22.9 Å². The molecule has 0 fully saturated rings. The number of nitrogens with zero attached hydrogens (tertiary/aromatic N) is 2. The molecular formula is C19H19ClN4O2S. The normalized spacial score (nSPS) is 11.8. The Labute approximate surface area is 166 Å². The minimum Gasteiger partial charge on any atom is -0.348 e. The lowest BCUT2D eigenvalue weighted by Gasteiger charge is -2.16. The molecule has 0 saturated heterocycles. The molecule has 2 aromatic heterocycles. The number of carbonyl (C=O) groups is 2. The van der Waals surface area contributed by atoms with Crippen molar-refractivity contribution in [1.82, 2.24) is 15.1 Å². The number of carbonyl (C=O) groups excluding carboxylic acids is 2. The Morgan fingerprint density at radius 2 is 2.07 bits per heavy atom. The van der Waals surface area contributed by atoms with Crippen molar-refractivity contribution in [2.75, 3.05) is 5.32 Å². The van der Waals surface area contributed by atoms with Gasteiger partial charge in [0.05, 0.1) is 23.8 Å². The van der Waals surface area contributed by atoms with Crippen molar-refractivity contribution in [2.24, 2.45) is 0 Å². The second kappa shape index (κ2) is 8.37. The molecule has 0 aliphatic heterocycles. The van der Waals surface area contributed by atoms with Crippen LogP contribution in [0.15, 0.2) is 47.8 Å². The third-order valence-electron chi connectivity index (χ3n) is 3.81. The second-order valence-electron chi connectivity index (χ2n) is 6.08. The van der Waals surface area contributed by atoms with Gasteiger partial charge in [0.25, 0.3) is 0 Å². The van der Waals surface area contributed by atoms with Gasteiger partial charge in [-0.05, 0) is 36.6 Å². The maximum Gasteiger partial charge on any atom is 0.227 e. The van der Waals surface area contributed by atoms with Crippen LogP contribution in [0.3, 0.4) is 0 Å². The summed E-state index contributed by atoms with van der Waals surface area (Å²) in [5.41, 5.74) is 1.52. The lowest BCUT2D eigenvalue weighted by atomic mass is 10.1. The van der Waals surface area contributed by atoms with Gasteiger partial charge in [0.2, 0.25) is 11.8 Å². The maximum absolute atomic E-state index is 12.6. The van der Waals surface area contributed by atoms with Gasteiger partial charge in [-0.25, -0.2) is 4.68 Å². The first-order valence-electron chi connectivity index (χ1n) is 8.35. The van der Waals surface area contributed by atoms with E-state index in [1.54, 1.807) is 22.9 Å². The van der Waals surface area contributed by atoms with Crippen molar-refractivity contribution < 1.29 is 9.59 Å². The molecule has 0 aliphatic rings. The van der Waals surface area contributed by atoms with Crippen molar-refractivity contribution in [2.45, 2.75) is 26.3 Å². The Balaban J connectivity index is 1.79. The van der Waals surface area contributed by atoms with Crippen LogP contribution in [0.5, 0.6) is 0 Å². The minimum atomic E-state index is -0.369. The fourth-order valence-electron chi connectivity index (χ4n) is 2.73. The van der Waals surface area contributed by atoms with Gasteiger partial charge in [0.1, 0.15) is 5.82 Å². The molecule has 0 saturated carbocycles. The zero-order valence-electron chi connectivity index (χ0n) is 14.9. The van der Waals surface area contributed by atoms with E-state index in [-0.39, 0.29) is 24.3 Å². The molecule has 0 unspecified atom stereocenters. The van der Waals surface area contributed by atoms with Crippen LogP contribution in [0, 0.1) is 6.92 Å². The predicted octanol–water partition coefficient (Wildman–Crippen LogP) is 4.10. The van der Waals surface area contributed by atoms with Gasteiger partial charge in [0.15, 0.2) is 0 Å². The summed E-state index contributed by atoms with van der Waals surface area (Å²) >= 11 is 7.57. The van der Waals surface area contributed by atoms with Gasteiger partial charge < -0.3 is 10.6 Å². The van der Waals surface area contributed by atoms with E-state index < -0.39 is 0 Å². The van der Waals surface area contributed by atoms with Crippen LogP contribution in [0.25, 0.3) is 5.69 Å². The maximum atomic E-state index is 12.6. The highest BCUT2D eigenvalue weighted by atomic mass is 35.5. The molecule has 0 spiro atoms. The number of thiophene rings is 1. The van der Waals surface area contributed by atoms with E-state index in [1.807, 2.05) is 36.6 Å². The second-order valence-corrected chi connectivity index (χ2v) is 7.50. The Kier molecular flexibility index (Phi) is 5.93. The molecule has 0 bridgehead atoms. The summed E-state index contributed by atoms with van der Waals surface area (Å²) in [5.74, 6) is 0.152. The summed E-state index contributed by atoms with van der Waals surface area (Å²) in [6.07, 6.45) is 0.125. The summed E-state index contributed by atoms with van der Waals surface area (Å²) in [4.78, 5) is 25.1. The molecule has 6 nitrogen and oxygen atoms in total. The van der Waals surface area contributed by atoms with E-state index in [2.05, 4.69) is 15.7 Å². The molecule has 0 radical (unpaired) electrons. The Hall–Kier alpha value is -2.64. The SMILES string of the molecule is CC(=O)N[C@@H](CC(=O)Nc1cc(C)nn1-c1cccc(Cl)c1)c1cccs1. The van der Waals surface area contributed by atoms with Gasteiger partial charge in [-0.15, -0.1) is 11.3 Å². The fourth-order valence-corrected chi connectivity index (χ4v) is 3.69. The monoisotopic (exact) mass is 402 g/mol. The smallest absolute Gasteiger partial charge is 0.227 e. The van der Waals surface area contributed by atoms with Gasteiger partial charge in [-0.2, -0.15) is 5.10 Å². The first kappa shape index (κ1) is 19.1. The van der Waals surface area contributed by atoms with Crippen LogP contribution in [0.4, 0.5) is 5.82 Å². The number of amides is 2.